The van der Waals surface area contributed by atoms with Gasteiger partial charge in [0.15, 0.2) is 0 Å². The van der Waals surface area contributed by atoms with Crippen LogP contribution in [0.2, 0.25) is 0 Å². The van der Waals surface area contributed by atoms with Crippen molar-refractivity contribution in [2.45, 2.75) is 17.7 Å². The van der Waals surface area contributed by atoms with E-state index in [0.717, 1.165) is 5.56 Å². The number of carbonyl (C=O) groups excluding carboxylic acids is 1. The molecule has 1 atom stereocenters. The SMILES string of the molecule is C[C@H](CNC(=O)c1ccc(S(=O)(=O)N(C)c2ccccc2)cc1)c1ccccc1. The van der Waals surface area contributed by atoms with Gasteiger partial charge in [-0.15, -0.1) is 0 Å². The van der Waals surface area contributed by atoms with E-state index in [1.54, 1.807) is 24.3 Å². The van der Waals surface area contributed by atoms with Gasteiger partial charge in [-0.05, 0) is 47.9 Å². The van der Waals surface area contributed by atoms with E-state index in [-0.39, 0.29) is 16.7 Å². The minimum absolute atomic E-state index is 0.137. The predicted molar refractivity (Wildman–Crippen MR) is 116 cm³/mol. The summed E-state index contributed by atoms with van der Waals surface area (Å²) in [5, 5.41) is 2.91. The molecule has 0 spiro atoms. The van der Waals surface area contributed by atoms with Gasteiger partial charge >= 0.3 is 0 Å². The van der Waals surface area contributed by atoms with Gasteiger partial charge < -0.3 is 5.32 Å². The first kappa shape index (κ1) is 20.6. The number of carbonyl (C=O) groups is 1. The van der Waals surface area contributed by atoms with Crippen molar-refractivity contribution in [3.05, 3.63) is 96.1 Å². The Morgan fingerprint density at radius 3 is 2.03 bits per heavy atom. The molecule has 0 unspecified atom stereocenters. The van der Waals surface area contributed by atoms with Crippen LogP contribution in [0.3, 0.4) is 0 Å². The fourth-order valence-corrected chi connectivity index (χ4v) is 4.16. The van der Waals surface area contributed by atoms with Gasteiger partial charge in [0.05, 0.1) is 10.6 Å². The smallest absolute Gasteiger partial charge is 0.264 e. The molecule has 0 radical (unpaired) electrons. The van der Waals surface area contributed by atoms with Crippen LogP contribution < -0.4 is 9.62 Å². The third kappa shape index (κ3) is 4.84. The molecule has 0 fully saturated rings. The van der Waals surface area contributed by atoms with Gasteiger partial charge in [-0.3, -0.25) is 9.10 Å². The quantitative estimate of drug-likeness (QED) is 0.641. The second-order valence-electron chi connectivity index (χ2n) is 6.85. The van der Waals surface area contributed by atoms with Crippen LogP contribution in [0, 0.1) is 0 Å². The van der Waals surface area contributed by atoms with E-state index < -0.39 is 10.0 Å². The van der Waals surface area contributed by atoms with Crippen molar-refractivity contribution in [2.24, 2.45) is 0 Å². The van der Waals surface area contributed by atoms with E-state index in [9.17, 15) is 13.2 Å². The Morgan fingerprint density at radius 2 is 1.45 bits per heavy atom. The van der Waals surface area contributed by atoms with Crippen LogP contribution in [0.1, 0.15) is 28.8 Å². The van der Waals surface area contributed by atoms with Gasteiger partial charge in [0.1, 0.15) is 0 Å². The molecule has 0 heterocycles. The van der Waals surface area contributed by atoms with Crippen molar-refractivity contribution < 1.29 is 13.2 Å². The minimum atomic E-state index is -3.69. The van der Waals surface area contributed by atoms with Gasteiger partial charge in [-0.2, -0.15) is 0 Å². The molecule has 0 bridgehead atoms. The van der Waals surface area contributed by atoms with Crippen molar-refractivity contribution in [2.75, 3.05) is 17.9 Å². The number of nitrogens with one attached hydrogen (secondary N) is 1. The largest absolute Gasteiger partial charge is 0.351 e. The molecule has 5 nitrogen and oxygen atoms in total. The summed E-state index contributed by atoms with van der Waals surface area (Å²) in [7, 11) is -2.18. The first-order valence-electron chi connectivity index (χ1n) is 9.37. The second-order valence-corrected chi connectivity index (χ2v) is 8.82. The lowest BCUT2D eigenvalue weighted by molar-refractivity contribution is 0.0951. The molecule has 3 aromatic rings. The first-order valence-corrected chi connectivity index (χ1v) is 10.8. The molecular weight excluding hydrogens is 384 g/mol. The van der Waals surface area contributed by atoms with Crippen LogP contribution in [0.4, 0.5) is 5.69 Å². The minimum Gasteiger partial charge on any atom is -0.351 e. The number of rotatable bonds is 7. The van der Waals surface area contributed by atoms with E-state index in [2.05, 4.69) is 5.32 Å². The summed E-state index contributed by atoms with van der Waals surface area (Å²) in [5.74, 6) is -0.0486. The van der Waals surface area contributed by atoms with E-state index in [4.69, 9.17) is 0 Å². The van der Waals surface area contributed by atoms with Crippen LogP contribution in [-0.2, 0) is 10.0 Å². The van der Waals surface area contributed by atoms with Crippen LogP contribution >= 0.6 is 0 Å². The Bertz CT molecular complexity index is 1050. The number of hydrogen-bond donors (Lipinski definition) is 1. The molecule has 3 aromatic carbocycles. The molecular formula is C23H24N2O3S. The van der Waals surface area contributed by atoms with Crippen molar-refractivity contribution in [1.29, 1.82) is 0 Å². The second kappa shape index (κ2) is 8.92. The Labute approximate surface area is 172 Å². The standard InChI is InChI=1S/C23H24N2O3S/c1-18(19-9-5-3-6-10-19)17-24-23(26)20-13-15-22(16-14-20)29(27,28)25(2)21-11-7-4-8-12-21/h3-16,18H,17H2,1-2H3,(H,24,26)/t18-/m1/s1. The maximum atomic E-state index is 12.8. The predicted octanol–water partition coefficient (Wildman–Crippen LogP) is 4.05. The van der Waals surface area contributed by atoms with Gasteiger partial charge in [-0.25, -0.2) is 8.42 Å². The van der Waals surface area contributed by atoms with Crippen LogP contribution in [0.25, 0.3) is 0 Å². The summed E-state index contributed by atoms with van der Waals surface area (Å²) < 4.78 is 26.8. The Balaban J connectivity index is 1.67. The molecule has 6 heteroatoms. The van der Waals surface area contributed by atoms with Crippen molar-refractivity contribution in [3.8, 4) is 0 Å². The molecule has 3 rings (SSSR count). The molecule has 1 amide bonds. The summed E-state index contributed by atoms with van der Waals surface area (Å²) in [4.78, 5) is 12.6. The zero-order chi connectivity index (χ0) is 20.9. The fourth-order valence-electron chi connectivity index (χ4n) is 2.96. The molecule has 0 saturated heterocycles. The monoisotopic (exact) mass is 408 g/mol. The highest BCUT2D eigenvalue weighted by molar-refractivity contribution is 7.92. The summed E-state index contributed by atoms with van der Waals surface area (Å²) in [6.07, 6.45) is 0. The average Bonchev–Trinajstić information content (AvgIpc) is 2.78. The molecule has 0 aliphatic carbocycles. The summed E-state index contributed by atoms with van der Waals surface area (Å²) in [6, 6.07) is 24.8. The van der Waals surface area contributed by atoms with Gasteiger partial charge in [0, 0.05) is 19.2 Å². The normalized spacial score (nSPS) is 12.2. The van der Waals surface area contributed by atoms with Gasteiger partial charge in [0.2, 0.25) is 0 Å². The molecule has 0 aromatic heterocycles. The average molecular weight is 409 g/mol. The van der Waals surface area contributed by atoms with E-state index >= 15 is 0 Å². The Morgan fingerprint density at radius 1 is 0.897 bits per heavy atom. The summed E-state index contributed by atoms with van der Waals surface area (Å²) in [5.41, 5.74) is 2.15. The van der Waals surface area contributed by atoms with Crippen LogP contribution in [0.15, 0.2) is 89.8 Å². The Hall–Kier alpha value is -3.12. The zero-order valence-electron chi connectivity index (χ0n) is 16.4. The topological polar surface area (TPSA) is 66.5 Å². The fraction of sp³-hybridized carbons (Fsp3) is 0.174. The lowest BCUT2D eigenvalue weighted by Gasteiger charge is -2.19. The van der Waals surface area contributed by atoms with E-state index in [0.29, 0.717) is 17.8 Å². The van der Waals surface area contributed by atoms with Crippen LogP contribution in [-0.4, -0.2) is 27.9 Å². The van der Waals surface area contributed by atoms with Crippen molar-refractivity contribution >= 4 is 21.6 Å². The number of anilines is 1. The summed E-state index contributed by atoms with van der Waals surface area (Å²) >= 11 is 0. The maximum absolute atomic E-state index is 12.8. The van der Waals surface area contributed by atoms with Crippen molar-refractivity contribution in [1.82, 2.24) is 5.32 Å². The molecule has 29 heavy (non-hydrogen) atoms. The van der Waals surface area contributed by atoms with Gasteiger partial charge in [0.25, 0.3) is 15.9 Å². The lowest BCUT2D eigenvalue weighted by atomic mass is 10.0. The molecule has 0 aliphatic heterocycles. The highest BCUT2D eigenvalue weighted by atomic mass is 32.2. The van der Waals surface area contributed by atoms with Crippen LogP contribution in [0.5, 0.6) is 0 Å². The zero-order valence-corrected chi connectivity index (χ0v) is 17.3. The third-order valence-corrected chi connectivity index (χ3v) is 6.63. The molecule has 1 N–H and O–H groups in total. The number of hydrogen-bond acceptors (Lipinski definition) is 3. The first-order chi connectivity index (χ1) is 13.9. The van der Waals surface area contributed by atoms with Crippen molar-refractivity contribution in [3.63, 3.8) is 0 Å². The molecule has 0 aliphatic rings. The number of sulfonamides is 1. The third-order valence-electron chi connectivity index (χ3n) is 4.83. The number of para-hydroxylation sites is 1. The lowest BCUT2D eigenvalue weighted by Crippen LogP contribution is -2.28. The van der Waals surface area contributed by atoms with Gasteiger partial charge in [-0.1, -0.05) is 55.5 Å². The highest BCUT2D eigenvalue weighted by Gasteiger charge is 2.21. The number of benzene rings is 3. The molecule has 150 valence electrons. The van der Waals surface area contributed by atoms with E-state index in [1.165, 1.54) is 35.6 Å². The summed E-state index contributed by atoms with van der Waals surface area (Å²) in [6.45, 7) is 2.55. The molecule has 0 saturated carbocycles. The number of nitrogens with zero attached hydrogens (tertiary/aromatic N) is 1. The van der Waals surface area contributed by atoms with E-state index in [1.807, 2.05) is 43.3 Å². The number of amides is 1. The Kier molecular flexibility index (Phi) is 6.34. The maximum Gasteiger partial charge on any atom is 0.264 e. The highest BCUT2D eigenvalue weighted by Crippen LogP contribution is 2.22.